The molecule has 0 heterocycles. The minimum atomic E-state index is 0. The summed E-state index contributed by atoms with van der Waals surface area (Å²) in [7, 11) is 0. The summed E-state index contributed by atoms with van der Waals surface area (Å²) in [5, 5.41) is 0. The van der Waals surface area contributed by atoms with Gasteiger partial charge in [0.15, 0.2) is 0 Å². The van der Waals surface area contributed by atoms with E-state index in [9.17, 15) is 0 Å². The summed E-state index contributed by atoms with van der Waals surface area (Å²) in [6.07, 6.45) is 5.50. The molecular weight excluding hydrogens is 317 g/mol. The van der Waals surface area contributed by atoms with Crippen LogP contribution in [0, 0.1) is 12.0 Å². The second-order valence-corrected chi connectivity index (χ2v) is 5.87. The van der Waals surface area contributed by atoms with Crippen molar-refractivity contribution in [2.75, 3.05) is 0 Å². The van der Waals surface area contributed by atoms with Gasteiger partial charge in [-0.25, -0.2) is 0 Å². The van der Waals surface area contributed by atoms with E-state index in [1.54, 1.807) is 0 Å². The van der Waals surface area contributed by atoms with Crippen LogP contribution >= 0.6 is 0 Å². The second kappa shape index (κ2) is 7.52. The van der Waals surface area contributed by atoms with E-state index >= 15 is 0 Å². The first-order valence-electron chi connectivity index (χ1n) is 7.39. The molecule has 0 N–H and O–H groups in total. The van der Waals surface area contributed by atoms with Crippen molar-refractivity contribution >= 4 is 0 Å². The number of rotatable bonds is 2. The number of hydrogen-bond acceptors (Lipinski definition) is 0. The van der Waals surface area contributed by atoms with E-state index in [-0.39, 0.29) is 32.7 Å². The van der Waals surface area contributed by atoms with Gasteiger partial charge in [-0.1, -0.05) is 44.0 Å². The molecule has 0 saturated heterocycles. The average Bonchev–Trinajstić information content (AvgIpc) is 2.49. The Hall–Kier alpha value is -0.456. The Bertz CT molecular complexity index is 507. The van der Waals surface area contributed by atoms with Crippen molar-refractivity contribution in [3.8, 4) is 11.1 Å². The topological polar surface area (TPSA) is 0 Å². The van der Waals surface area contributed by atoms with Crippen molar-refractivity contribution in [1.29, 1.82) is 0 Å². The normalized spacial score (nSPS) is 22.1. The molecule has 1 aliphatic carbocycles. The third kappa shape index (κ3) is 3.80. The Kier molecular flexibility index (Phi) is 5.99. The SMILES string of the molecule is CC1CCC(c2ccc(-c3cc[c-]cc3)cc2)CC1.[Y+3]. The maximum Gasteiger partial charge on any atom is 3.00 e. The van der Waals surface area contributed by atoms with E-state index < -0.39 is 0 Å². The van der Waals surface area contributed by atoms with Gasteiger partial charge in [0.25, 0.3) is 0 Å². The van der Waals surface area contributed by atoms with E-state index in [0.29, 0.717) is 0 Å². The summed E-state index contributed by atoms with van der Waals surface area (Å²) in [5.41, 5.74) is 4.11. The Labute approximate surface area is 147 Å². The third-order valence-electron chi connectivity index (χ3n) is 4.45. The van der Waals surface area contributed by atoms with Crippen molar-refractivity contribution in [2.24, 2.45) is 5.92 Å². The van der Waals surface area contributed by atoms with Crippen LogP contribution in [0.3, 0.4) is 0 Å². The molecule has 1 saturated carbocycles. The van der Waals surface area contributed by atoms with Gasteiger partial charge in [0.05, 0.1) is 0 Å². The Morgan fingerprint density at radius 2 is 1.35 bits per heavy atom. The molecule has 1 aliphatic rings. The molecule has 20 heavy (non-hydrogen) atoms. The van der Waals surface area contributed by atoms with E-state index in [1.165, 1.54) is 42.4 Å². The second-order valence-electron chi connectivity index (χ2n) is 5.87. The van der Waals surface area contributed by atoms with Gasteiger partial charge in [0.1, 0.15) is 0 Å². The molecule has 0 nitrogen and oxygen atoms in total. The first-order chi connectivity index (χ1) is 9.33. The average molecular weight is 338 g/mol. The molecule has 1 fully saturated rings. The van der Waals surface area contributed by atoms with Crippen molar-refractivity contribution in [1.82, 2.24) is 0 Å². The van der Waals surface area contributed by atoms with Crippen LogP contribution in [0.25, 0.3) is 11.1 Å². The van der Waals surface area contributed by atoms with Gasteiger partial charge in [-0.15, -0.1) is 5.56 Å². The maximum absolute atomic E-state index is 3.07. The molecule has 2 aromatic carbocycles. The smallest absolute Gasteiger partial charge is 0.184 e. The first-order valence-corrected chi connectivity index (χ1v) is 7.39. The molecular formula is C19H21Y+2. The molecule has 0 atom stereocenters. The Morgan fingerprint density at radius 1 is 0.800 bits per heavy atom. The van der Waals surface area contributed by atoms with Gasteiger partial charge in [-0.05, 0) is 35.8 Å². The Balaban J connectivity index is 0.00000147. The van der Waals surface area contributed by atoms with Crippen LogP contribution in [0.2, 0.25) is 0 Å². The van der Waals surface area contributed by atoms with Gasteiger partial charge in [0.2, 0.25) is 0 Å². The van der Waals surface area contributed by atoms with Crippen LogP contribution in [0.5, 0.6) is 0 Å². The van der Waals surface area contributed by atoms with Crippen LogP contribution in [0.15, 0.2) is 48.5 Å². The fourth-order valence-electron chi connectivity index (χ4n) is 3.12. The van der Waals surface area contributed by atoms with E-state index in [1.807, 2.05) is 12.1 Å². The minimum absolute atomic E-state index is 0. The van der Waals surface area contributed by atoms with Gasteiger partial charge >= 0.3 is 32.7 Å². The van der Waals surface area contributed by atoms with Crippen LogP contribution in [-0.4, -0.2) is 0 Å². The van der Waals surface area contributed by atoms with Crippen molar-refractivity contribution in [3.63, 3.8) is 0 Å². The van der Waals surface area contributed by atoms with Crippen molar-refractivity contribution < 1.29 is 32.7 Å². The minimum Gasteiger partial charge on any atom is -0.184 e. The zero-order valence-electron chi connectivity index (χ0n) is 12.2. The summed E-state index contributed by atoms with van der Waals surface area (Å²) in [6.45, 7) is 2.38. The fourth-order valence-corrected chi connectivity index (χ4v) is 3.12. The monoisotopic (exact) mass is 338 g/mol. The molecule has 0 aromatic heterocycles. The molecule has 3 rings (SSSR count). The van der Waals surface area contributed by atoms with Crippen molar-refractivity contribution in [2.45, 2.75) is 38.5 Å². The Morgan fingerprint density at radius 3 is 1.95 bits per heavy atom. The van der Waals surface area contributed by atoms with E-state index in [0.717, 1.165) is 11.8 Å². The van der Waals surface area contributed by atoms with Crippen molar-refractivity contribution in [3.05, 3.63) is 60.2 Å². The van der Waals surface area contributed by atoms with Crippen LogP contribution in [0.4, 0.5) is 0 Å². The summed E-state index contributed by atoms with van der Waals surface area (Å²) >= 11 is 0. The molecule has 0 aliphatic heterocycles. The molecule has 2 aromatic rings. The molecule has 0 radical (unpaired) electrons. The molecule has 0 bridgehead atoms. The molecule has 1 heteroatoms. The first kappa shape index (κ1) is 15.9. The molecule has 0 unspecified atom stereocenters. The zero-order chi connectivity index (χ0) is 13.1. The van der Waals surface area contributed by atoms with Gasteiger partial charge in [-0.2, -0.15) is 30.3 Å². The van der Waals surface area contributed by atoms with Crippen LogP contribution in [-0.2, 0) is 32.7 Å². The number of benzene rings is 2. The number of hydrogen-bond donors (Lipinski definition) is 0. The summed E-state index contributed by atoms with van der Waals surface area (Å²) in [5.74, 6) is 1.71. The zero-order valence-corrected chi connectivity index (χ0v) is 15.0. The molecule has 0 spiro atoms. The molecule has 98 valence electrons. The predicted molar refractivity (Wildman–Crippen MR) is 81.1 cm³/mol. The van der Waals surface area contributed by atoms with Gasteiger partial charge in [0, 0.05) is 0 Å². The quantitative estimate of drug-likeness (QED) is 0.639. The summed E-state index contributed by atoms with van der Waals surface area (Å²) < 4.78 is 0. The fraction of sp³-hybridized carbons (Fsp3) is 0.368. The van der Waals surface area contributed by atoms with Gasteiger partial charge in [-0.3, -0.25) is 0 Å². The molecule has 0 amide bonds. The third-order valence-corrected chi connectivity index (χ3v) is 4.45. The predicted octanol–water partition coefficient (Wildman–Crippen LogP) is 5.44. The summed E-state index contributed by atoms with van der Waals surface area (Å²) in [4.78, 5) is 0. The largest absolute Gasteiger partial charge is 3.00 e. The standard InChI is InChI=1S/C19H21.Y/c1-15-7-9-17(10-8-15)19-13-11-18(12-14-19)16-5-3-2-4-6-16;/h3-6,11-15,17H,7-10H2,1H3;/q-1;+3. The maximum atomic E-state index is 3.07. The van der Waals surface area contributed by atoms with Gasteiger partial charge < -0.3 is 0 Å². The summed E-state index contributed by atoms with van der Waals surface area (Å²) in [6, 6.07) is 20.5. The van der Waals surface area contributed by atoms with E-state index in [2.05, 4.69) is 49.4 Å². The van der Waals surface area contributed by atoms with E-state index in [4.69, 9.17) is 0 Å². The van der Waals surface area contributed by atoms with Crippen LogP contribution < -0.4 is 0 Å². The van der Waals surface area contributed by atoms with Crippen LogP contribution in [0.1, 0.15) is 44.1 Å².